The molecule has 6 heteroatoms. The summed E-state index contributed by atoms with van der Waals surface area (Å²) in [4.78, 5) is 0.848. The van der Waals surface area contributed by atoms with E-state index in [-0.39, 0.29) is 0 Å². The molecule has 0 N–H and O–H groups in total. The third-order valence-electron chi connectivity index (χ3n) is 3.36. The second kappa shape index (κ2) is 6.70. The minimum Gasteiger partial charge on any atom is -0.497 e. The van der Waals surface area contributed by atoms with E-state index in [1.807, 2.05) is 40.9 Å². The minimum atomic E-state index is 0.848. The van der Waals surface area contributed by atoms with Gasteiger partial charge in [-0.15, -0.1) is 10.2 Å². The van der Waals surface area contributed by atoms with Crippen LogP contribution in [0.5, 0.6) is 5.75 Å². The van der Waals surface area contributed by atoms with Crippen molar-refractivity contribution in [3.05, 3.63) is 40.7 Å². The number of hydrogen-bond acceptors (Lipinski definition) is 5. The average Bonchev–Trinajstić information content (AvgIpc) is 3.12. The van der Waals surface area contributed by atoms with Gasteiger partial charge in [0.15, 0.2) is 5.82 Å². The van der Waals surface area contributed by atoms with Crippen molar-refractivity contribution in [3.8, 4) is 5.75 Å². The van der Waals surface area contributed by atoms with Gasteiger partial charge in [0, 0.05) is 6.42 Å². The summed E-state index contributed by atoms with van der Waals surface area (Å²) < 4.78 is 7.01. The predicted octanol–water partition coefficient (Wildman–Crippen LogP) is 3.71. The molecule has 114 valence electrons. The number of fused-ring (bicyclic) bond motifs is 1. The van der Waals surface area contributed by atoms with E-state index < -0.39 is 0 Å². The zero-order valence-corrected chi connectivity index (χ0v) is 13.5. The summed E-state index contributed by atoms with van der Waals surface area (Å²) in [7, 11) is 1.67. The molecule has 2 heterocycles. The van der Waals surface area contributed by atoms with E-state index in [0.717, 1.165) is 46.4 Å². The summed E-state index contributed by atoms with van der Waals surface area (Å²) in [5, 5.41) is 13.9. The predicted molar refractivity (Wildman–Crippen MR) is 89.2 cm³/mol. The van der Waals surface area contributed by atoms with Crippen molar-refractivity contribution >= 4 is 28.4 Å². The van der Waals surface area contributed by atoms with Crippen molar-refractivity contribution < 1.29 is 4.74 Å². The number of benzene rings is 1. The Morgan fingerprint density at radius 1 is 1.18 bits per heavy atom. The van der Waals surface area contributed by atoms with E-state index in [9.17, 15) is 0 Å². The Bertz CT molecular complexity index is 773. The standard InChI is InChI=1S/C16H18N4OS/c1-3-4-5-14-17-18-16-20(14)19-15(22-16)11-8-12-6-9-13(21-2)10-7-12/h6-11H,3-5H2,1-2H3. The first-order chi connectivity index (χ1) is 10.8. The summed E-state index contributed by atoms with van der Waals surface area (Å²) in [5.74, 6) is 1.80. The Hall–Kier alpha value is -2.21. The van der Waals surface area contributed by atoms with E-state index in [4.69, 9.17) is 4.74 Å². The molecule has 3 aromatic rings. The Morgan fingerprint density at radius 3 is 2.73 bits per heavy atom. The molecule has 0 aliphatic heterocycles. The molecule has 0 bridgehead atoms. The molecule has 0 aliphatic rings. The molecule has 0 aliphatic carbocycles. The highest BCUT2D eigenvalue weighted by Gasteiger charge is 2.09. The first-order valence-corrected chi connectivity index (χ1v) is 8.15. The van der Waals surface area contributed by atoms with Crippen molar-refractivity contribution in [2.75, 3.05) is 7.11 Å². The van der Waals surface area contributed by atoms with E-state index >= 15 is 0 Å². The number of ether oxygens (including phenoxy) is 1. The summed E-state index contributed by atoms with van der Waals surface area (Å²) in [6.45, 7) is 2.17. The molecule has 0 fully saturated rings. The van der Waals surface area contributed by atoms with Crippen molar-refractivity contribution in [2.24, 2.45) is 0 Å². The van der Waals surface area contributed by atoms with E-state index in [0.29, 0.717) is 0 Å². The molecular weight excluding hydrogens is 296 g/mol. The molecule has 1 aromatic carbocycles. The first kappa shape index (κ1) is 14.7. The monoisotopic (exact) mass is 314 g/mol. The fourth-order valence-electron chi connectivity index (χ4n) is 2.11. The van der Waals surface area contributed by atoms with Crippen LogP contribution in [0.25, 0.3) is 17.1 Å². The number of methoxy groups -OCH3 is 1. The maximum absolute atomic E-state index is 5.15. The highest BCUT2D eigenvalue weighted by Crippen LogP contribution is 2.18. The van der Waals surface area contributed by atoms with Crippen molar-refractivity contribution in [1.29, 1.82) is 0 Å². The first-order valence-electron chi connectivity index (χ1n) is 7.33. The van der Waals surface area contributed by atoms with Gasteiger partial charge in [-0.1, -0.05) is 42.9 Å². The minimum absolute atomic E-state index is 0.848. The third-order valence-corrected chi connectivity index (χ3v) is 4.22. The fourth-order valence-corrected chi connectivity index (χ4v) is 2.87. The van der Waals surface area contributed by atoms with Gasteiger partial charge in [-0.05, 0) is 30.2 Å². The van der Waals surface area contributed by atoms with Gasteiger partial charge >= 0.3 is 0 Å². The number of aryl methyl sites for hydroxylation is 1. The van der Waals surface area contributed by atoms with E-state index in [2.05, 4.69) is 22.2 Å². The van der Waals surface area contributed by atoms with Crippen LogP contribution in [0.1, 0.15) is 36.2 Å². The maximum atomic E-state index is 5.15. The van der Waals surface area contributed by atoms with Crippen molar-refractivity contribution in [2.45, 2.75) is 26.2 Å². The van der Waals surface area contributed by atoms with Gasteiger partial charge in [-0.2, -0.15) is 9.61 Å². The van der Waals surface area contributed by atoms with Gasteiger partial charge in [0.05, 0.1) is 7.11 Å². The quantitative estimate of drug-likeness (QED) is 0.696. The fraction of sp³-hybridized carbons (Fsp3) is 0.312. The van der Waals surface area contributed by atoms with Gasteiger partial charge in [0.2, 0.25) is 4.96 Å². The number of unbranched alkanes of at least 4 members (excludes halogenated alkanes) is 1. The molecule has 22 heavy (non-hydrogen) atoms. The number of rotatable bonds is 6. The van der Waals surface area contributed by atoms with E-state index in [1.54, 1.807) is 18.4 Å². The lowest BCUT2D eigenvalue weighted by atomic mass is 10.2. The molecule has 0 saturated heterocycles. The van der Waals surface area contributed by atoms with Gasteiger partial charge in [-0.3, -0.25) is 0 Å². The summed E-state index contributed by atoms with van der Waals surface area (Å²) in [5.41, 5.74) is 1.11. The normalized spacial score (nSPS) is 11.5. The second-order valence-corrected chi connectivity index (χ2v) is 5.95. The molecule has 3 rings (SSSR count). The van der Waals surface area contributed by atoms with Crippen molar-refractivity contribution in [1.82, 2.24) is 19.8 Å². The smallest absolute Gasteiger partial charge is 0.234 e. The molecular formula is C16H18N4OS. The van der Waals surface area contributed by atoms with Gasteiger partial charge in [-0.25, -0.2) is 0 Å². The Morgan fingerprint density at radius 2 is 2.00 bits per heavy atom. The zero-order chi connectivity index (χ0) is 15.4. The number of nitrogens with zero attached hydrogens (tertiary/aromatic N) is 4. The molecule has 0 unspecified atom stereocenters. The molecule has 0 amide bonds. The lowest BCUT2D eigenvalue weighted by Gasteiger charge is -1.98. The van der Waals surface area contributed by atoms with Crippen LogP contribution < -0.4 is 4.74 Å². The lowest BCUT2D eigenvalue weighted by molar-refractivity contribution is 0.415. The summed E-state index contributed by atoms with van der Waals surface area (Å²) in [6.07, 6.45) is 7.21. The largest absolute Gasteiger partial charge is 0.497 e. The number of hydrogen-bond donors (Lipinski definition) is 0. The molecule has 0 atom stereocenters. The molecule has 0 radical (unpaired) electrons. The average molecular weight is 314 g/mol. The summed E-state index contributed by atoms with van der Waals surface area (Å²) in [6, 6.07) is 7.92. The molecule has 0 saturated carbocycles. The van der Waals surface area contributed by atoms with Crippen molar-refractivity contribution in [3.63, 3.8) is 0 Å². The molecule has 2 aromatic heterocycles. The van der Waals surface area contributed by atoms with Gasteiger partial charge in [0.25, 0.3) is 0 Å². The van der Waals surface area contributed by atoms with Gasteiger partial charge < -0.3 is 4.74 Å². The van der Waals surface area contributed by atoms with Crippen LogP contribution in [0, 0.1) is 0 Å². The van der Waals surface area contributed by atoms with Crippen LogP contribution in [0.15, 0.2) is 24.3 Å². The molecule has 0 spiro atoms. The van der Waals surface area contributed by atoms with Crippen LogP contribution in [0.2, 0.25) is 0 Å². The topological polar surface area (TPSA) is 52.3 Å². The Kier molecular flexibility index (Phi) is 4.48. The SMILES string of the molecule is CCCCc1nnc2sc(C=Cc3ccc(OC)cc3)nn12. The van der Waals surface area contributed by atoms with Crippen LogP contribution in [-0.2, 0) is 6.42 Å². The summed E-state index contributed by atoms with van der Waals surface area (Å²) >= 11 is 1.55. The second-order valence-electron chi connectivity index (χ2n) is 4.96. The van der Waals surface area contributed by atoms with Gasteiger partial charge in [0.1, 0.15) is 10.8 Å². The highest BCUT2D eigenvalue weighted by atomic mass is 32.1. The maximum Gasteiger partial charge on any atom is 0.234 e. The Labute approximate surface area is 133 Å². The van der Waals surface area contributed by atoms with Crippen LogP contribution >= 0.6 is 11.3 Å². The lowest BCUT2D eigenvalue weighted by Crippen LogP contribution is -1.95. The number of aromatic nitrogens is 4. The molecule has 5 nitrogen and oxygen atoms in total. The van der Waals surface area contributed by atoms with Crippen LogP contribution in [0.4, 0.5) is 0 Å². The zero-order valence-electron chi connectivity index (χ0n) is 12.7. The Balaban J connectivity index is 1.78. The highest BCUT2D eigenvalue weighted by molar-refractivity contribution is 7.17. The van der Waals surface area contributed by atoms with Crippen LogP contribution in [-0.4, -0.2) is 26.9 Å². The third kappa shape index (κ3) is 3.17. The van der Waals surface area contributed by atoms with Crippen LogP contribution in [0.3, 0.4) is 0 Å². The van der Waals surface area contributed by atoms with E-state index in [1.165, 1.54) is 0 Å².